The van der Waals surface area contributed by atoms with Crippen molar-refractivity contribution in [3.05, 3.63) is 64.6 Å². The van der Waals surface area contributed by atoms with E-state index in [2.05, 4.69) is 15.6 Å². The van der Waals surface area contributed by atoms with E-state index in [1.54, 1.807) is 13.0 Å². The van der Waals surface area contributed by atoms with Gasteiger partial charge in [-0.3, -0.25) is 5.41 Å². The van der Waals surface area contributed by atoms with Gasteiger partial charge < -0.3 is 26.5 Å². The number of halogens is 4. The molecule has 0 unspecified atom stereocenters. The maximum absolute atomic E-state index is 14.2. The van der Waals surface area contributed by atoms with Crippen molar-refractivity contribution in [2.45, 2.75) is 26.1 Å². The monoisotopic (exact) mass is 476 g/mol. The van der Waals surface area contributed by atoms with E-state index in [9.17, 15) is 17.6 Å². The fourth-order valence-electron chi connectivity index (χ4n) is 3.49. The second-order valence-electron chi connectivity index (χ2n) is 7.50. The Bertz CT molecular complexity index is 1170. The van der Waals surface area contributed by atoms with Crippen molar-refractivity contribution < 1.29 is 22.3 Å². The van der Waals surface area contributed by atoms with Crippen LogP contribution in [-0.2, 0) is 0 Å². The van der Waals surface area contributed by atoms with E-state index >= 15 is 0 Å². The molecule has 0 amide bonds. The summed E-state index contributed by atoms with van der Waals surface area (Å²) in [6, 6.07) is 5.22. The number of benzene rings is 1. The fraction of sp³-hybridized carbons (Fsp3) is 0.261. The number of allylic oxidation sites excluding steroid dienone is 1. The average molecular weight is 476 g/mol. The molecule has 7 nitrogen and oxygen atoms in total. The molecule has 0 saturated carbocycles. The molecule has 3 rings (SSSR count). The van der Waals surface area contributed by atoms with Gasteiger partial charge in [-0.1, -0.05) is 0 Å². The average Bonchev–Trinajstić information content (AvgIpc) is 2.78. The maximum atomic E-state index is 14.2. The van der Waals surface area contributed by atoms with E-state index in [0.717, 1.165) is 18.3 Å². The molecule has 0 radical (unpaired) electrons. The molecule has 0 spiro atoms. The molecular formula is C23H24F4N6O. The Morgan fingerprint density at radius 2 is 2.09 bits per heavy atom. The summed E-state index contributed by atoms with van der Waals surface area (Å²) in [7, 11) is 0. The summed E-state index contributed by atoms with van der Waals surface area (Å²) in [6.45, 7) is 3.89. The minimum absolute atomic E-state index is 0.0609. The normalized spacial score (nSPS) is 19.7. The maximum Gasteiger partial charge on any atom is 0.432 e. The molecule has 0 fully saturated rings. The van der Waals surface area contributed by atoms with E-state index in [-0.39, 0.29) is 34.9 Å². The zero-order valence-electron chi connectivity index (χ0n) is 18.5. The highest BCUT2D eigenvalue weighted by molar-refractivity contribution is 6.02. The number of nitrogens with two attached hydrogens (primary N) is 1. The van der Waals surface area contributed by atoms with Crippen LogP contribution in [0.5, 0.6) is 5.75 Å². The molecule has 1 aromatic heterocycles. The highest BCUT2D eigenvalue weighted by atomic mass is 19.4. The van der Waals surface area contributed by atoms with Crippen LogP contribution in [0.15, 0.2) is 42.1 Å². The summed E-state index contributed by atoms with van der Waals surface area (Å²) in [4.78, 5) is 4.16. The lowest BCUT2D eigenvalue weighted by Gasteiger charge is -2.24. The molecule has 1 aliphatic heterocycles. The summed E-state index contributed by atoms with van der Waals surface area (Å²) >= 11 is 0. The molecule has 180 valence electrons. The Morgan fingerprint density at radius 1 is 1.35 bits per heavy atom. The predicted molar refractivity (Wildman–Crippen MR) is 123 cm³/mol. The van der Waals surface area contributed by atoms with Crippen LogP contribution in [0, 0.1) is 16.6 Å². The number of rotatable bonds is 4. The van der Waals surface area contributed by atoms with Gasteiger partial charge in [-0.25, -0.2) is 9.37 Å². The Labute approximate surface area is 193 Å². The van der Waals surface area contributed by atoms with Crippen molar-refractivity contribution >= 4 is 29.1 Å². The quantitative estimate of drug-likeness (QED) is 0.330. The van der Waals surface area contributed by atoms with E-state index < -0.39 is 23.8 Å². The minimum Gasteiger partial charge on any atom is -0.482 e. The number of aromatic nitrogens is 1. The second-order valence-corrected chi connectivity index (χ2v) is 7.50. The van der Waals surface area contributed by atoms with E-state index in [4.69, 9.17) is 21.3 Å². The number of nitrogen functional groups attached to an aromatic ring is 1. The van der Waals surface area contributed by atoms with Crippen LogP contribution in [0.1, 0.15) is 36.6 Å². The van der Waals surface area contributed by atoms with Crippen LogP contribution in [0.2, 0.25) is 0 Å². The SMILES string of the molecule is CCN/C1=C(\C=N)CN/C(=C\C(=N)C(F)(F)F)c2ccc(F)cc2[C@@H](C)Oc2cc1cnc2N. The number of nitrogens with one attached hydrogen (secondary N) is 4. The first-order chi connectivity index (χ1) is 16.0. The zero-order chi connectivity index (χ0) is 25.0. The summed E-state index contributed by atoms with van der Waals surface area (Å²) < 4.78 is 59.7. The summed E-state index contributed by atoms with van der Waals surface area (Å²) in [5.74, 6) is -0.339. The molecular weight excluding hydrogens is 452 g/mol. The minimum atomic E-state index is -4.88. The van der Waals surface area contributed by atoms with Gasteiger partial charge in [-0.2, -0.15) is 13.2 Å². The molecule has 1 aliphatic rings. The Hall–Kier alpha value is -3.89. The number of hydrogen-bond acceptors (Lipinski definition) is 7. The van der Waals surface area contributed by atoms with Gasteiger partial charge in [0.15, 0.2) is 11.6 Å². The number of hydrogen-bond donors (Lipinski definition) is 5. The third-order valence-electron chi connectivity index (χ3n) is 5.13. The van der Waals surface area contributed by atoms with E-state index in [1.807, 2.05) is 6.92 Å². The molecule has 34 heavy (non-hydrogen) atoms. The molecule has 11 heteroatoms. The molecule has 6 N–H and O–H groups in total. The summed E-state index contributed by atoms with van der Waals surface area (Å²) in [6.07, 6.45) is -2.52. The molecule has 0 aliphatic carbocycles. The Balaban J connectivity index is 2.28. The van der Waals surface area contributed by atoms with Gasteiger partial charge in [0.1, 0.15) is 17.6 Å². The molecule has 2 aromatic rings. The molecule has 0 saturated heterocycles. The zero-order valence-corrected chi connectivity index (χ0v) is 18.5. The van der Waals surface area contributed by atoms with Gasteiger partial charge >= 0.3 is 6.18 Å². The Morgan fingerprint density at radius 3 is 2.74 bits per heavy atom. The lowest BCUT2D eigenvalue weighted by Crippen LogP contribution is -2.26. The van der Waals surface area contributed by atoms with Gasteiger partial charge in [-0.15, -0.1) is 0 Å². The third-order valence-corrected chi connectivity index (χ3v) is 5.13. The first-order valence-electron chi connectivity index (χ1n) is 10.4. The summed E-state index contributed by atoms with van der Waals surface area (Å²) in [5, 5.41) is 21.4. The number of fused-ring (bicyclic) bond motifs is 3. The lowest BCUT2D eigenvalue weighted by molar-refractivity contribution is -0.0584. The lowest BCUT2D eigenvalue weighted by atomic mass is 9.98. The van der Waals surface area contributed by atoms with Crippen LogP contribution < -0.4 is 21.1 Å². The van der Waals surface area contributed by atoms with Crippen molar-refractivity contribution in [1.29, 1.82) is 10.8 Å². The molecule has 2 bridgehead atoms. The topological polar surface area (TPSA) is 120 Å². The van der Waals surface area contributed by atoms with Gasteiger partial charge in [0, 0.05) is 59.2 Å². The number of pyridine rings is 1. The van der Waals surface area contributed by atoms with Crippen molar-refractivity contribution in [3.63, 3.8) is 0 Å². The Kier molecular flexibility index (Phi) is 7.23. The van der Waals surface area contributed by atoms with Gasteiger partial charge in [-0.05, 0) is 44.2 Å². The van der Waals surface area contributed by atoms with Gasteiger partial charge in [0.05, 0.1) is 0 Å². The van der Waals surface area contributed by atoms with Gasteiger partial charge in [0.2, 0.25) is 0 Å². The standard InChI is InChI=1S/C23H24F4N6O/c1-3-31-21-13-6-19(22(30)33-10-13)34-12(2)17-7-15(24)4-5-16(17)18(32-11-14(21)9-28)8-20(29)23(25,26)27/h4-10,12,28-29,31-32H,3,11H2,1-2H3,(H2,30,33)/b18-8-,21-14+,28-9?,29-20?/t12-/m1/s1. The first-order valence-corrected chi connectivity index (χ1v) is 10.4. The third kappa shape index (κ3) is 5.36. The van der Waals surface area contributed by atoms with Crippen LogP contribution in [0.25, 0.3) is 11.4 Å². The van der Waals surface area contributed by atoms with Crippen molar-refractivity contribution in [2.75, 3.05) is 18.8 Å². The molecule has 1 aromatic carbocycles. The van der Waals surface area contributed by atoms with Gasteiger partial charge in [0.25, 0.3) is 0 Å². The highest BCUT2D eigenvalue weighted by Gasteiger charge is 2.33. The van der Waals surface area contributed by atoms with E-state index in [1.165, 1.54) is 12.3 Å². The number of anilines is 1. The number of alkyl halides is 3. The molecule has 2 heterocycles. The fourth-order valence-corrected chi connectivity index (χ4v) is 3.49. The largest absolute Gasteiger partial charge is 0.482 e. The van der Waals surface area contributed by atoms with Crippen molar-refractivity contribution in [3.8, 4) is 5.75 Å². The number of nitrogens with zero attached hydrogens (tertiary/aromatic N) is 1. The van der Waals surface area contributed by atoms with Crippen LogP contribution in [0.4, 0.5) is 23.4 Å². The second kappa shape index (κ2) is 9.94. The van der Waals surface area contributed by atoms with Crippen LogP contribution >= 0.6 is 0 Å². The summed E-state index contributed by atoms with van der Waals surface area (Å²) in [5.41, 5.74) is 6.25. The van der Waals surface area contributed by atoms with Crippen molar-refractivity contribution in [2.24, 2.45) is 0 Å². The van der Waals surface area contributed by atoms with Crippen LogP contribution in [0.3, 0.4) is 0 Å². The first kappa shape index (κ1) is 24.7. The number of ether oxygens (including phenoxy) is 1. The van der Waals surface area contributed by atoms with Crippen molar-refractivity contribution in [1.82, 2.24) is 15.6 Å². The van der Waals surface area contributed by atoms with Crippen LogP contribution in [-0.4, -0.2) is 36.2 Å². The van der Waals surface area contributed by atoms with E-state index in [0.29, 0.717) is 29.5 Å². The molecule has 1 atom stereocenters. The predicted octanol–water partition coefficient (Wildman–Crippen LogP) is 4.44. The highest BCUT2D eigenvalue weighted by Crippen LogP contribution is 2.33. The smallest absolute Gasteiger partial charge is 0.432 e.